The molecule has 0 aliphatic heterocycles. The lowest BCUT2D eigenvalue weighted by Crippen LogP contribution is -1.99. The van der Waals surface area contributed by atoms with Crippen molar-refractivity contribution in [3.8, 4) is 0 Å². The van der Waals surface area contributed by atoms with Crippen molar-refractivity contribution in [3.05, 3.63) is 0 Å². The minimum Gasteiger partial charge on any atom is -0.0891 e. The first-order chi connectivity index (χ1) is 4.70. The smallest absolute Gasteiger partial charge is 0.0143 e. The van der Waals surface area contributed by atoms with Crippen LogP contribution in [0.1, 0.15) is 46.5 Å². The summed E-state index contributed by atoms with van der Waals surface area (Å²) in [5.41, 5.74) is 0. The maximum atomic E-state index is 3.63. The summed E-state index contributed by atoms with van der Waals surface area (Å²) in [4.78, 5) is 0.751. The number of hydrogen-bond donors (Lipinski definition) is 0. The van der Waals surface area contributed by atoms with E-state index in [0.717, 1.165) is 10.7 Å². The highest BCUT2D eigenvalue weighted by Gasteiger charge is 2.03. The zero-order chi connectivity index (χ0) is 7.98. The van der Waals surface area contributed by atoms with Crippen LogP contribution >= 0.6 is 15.9 Å². The maximum absolute atomic E-state index is 3.63. The summed E-state index contributed by atoms with van der Waals surface area (Å²) in [7, 11) is 0. The van der Waals surface area contributed by atoms with Gasteiger partial charge in [0.05, 0.1) is 0 Å². The molecule has 0 nitrogen and oxygen atoms in total. The molecule has 0 N–H and O–H groups in total. The van der Waals surface area contributed by atoms with E-state index in [2.05, 4.69) is 36.7 Å². The van der Waals surface area contributed by atoms with Gasteiger partial charge in [0.25, 0.3) is 0 Å². The topological polar surface area (TPSA) is 0 Å². The molecule has 2 unspecified atom stereocenters. The Morgan fingerprint density at radius 3 is 2.10 bits per heavy atom. The first-order valence-corrected chi connectivity index (χ1v) is 5.26. The lowest BCUT2D eigenvalue weighted by atomic mass is 10.0. The summed E-state index contributed by atoms with van der Waals surface area (Å²) in [5, 5.41) is 0. The van der Waals surface area contributed by atoms with Gasteiger partial charge >= 0.3 is 0 Å². The van der Waals surface area contributed by atoms with Crippen LogP contribution < -0.4 is 0 Å². The predicted octanol–water partition coefficient (Wildman–Crippen LogP) is 3.99. The quantitative estimate of drug-likeness (QED) is 0.598. The molecule has 0 aliphatic rings. The monoisotopic (exact) mass is 206 g/mol. The molecule has 0 aromatic rings. The van der Waals surface area contributed by atoms with Gasteiger partial charge in [-0.1, -0.05) is 43.1 Å². The van der Waals surface area contributed by atoms with E-state index in [9.17, 15) is 0 Å². The summed E-state index contributed by atoms with van der Waals surface area (Å²) in [5.74, 6) is 0.909. The SMILES string of the molecule is CCC(C)CCC(Br)CC. The van der Waals surface area contributed by atoms with Gasteiger partial charge in [0.2, 0.25) is 0 Å². The van der Waals surface area contributed by atoms with Crippen molar-refractivity contribution in [2.45, 2.75) is 51.3 Å². The van der Waals surface area contributed by atoms with Crippen molar-refractivity contribution in [1.82, 2.24) is 0 Å². The van der Waals surface area contributed by atoms with Crippen molar-refractivity contribution >= 4 is 15.9 Å². The van der Waals surface area contributed by atoms with E-state index in [1.54, 1.807) is 0 Å². The van der Waals surface area contributed by atoms with E-state index in [0.29, 0.717) is 0 Å². The molecule has 2 atom stereocenters. The van der Waals surface area contributed by atoms with E-state index in [1.165, 1.54) is 25.7 Å². The number of rotatable bonds is 5. The predicted molar refractivity (Wildman–Crippen MR) is 51.7 cm³/mol. The molecule has 0 spiro atoms. The fraction of sp³-hybridized carbons (Fsp3) is 1.00. The first kappa shape index (κ1) is 10.5. The Morgan fingerprint density at radius 2 is 1.70 bits per heavy atom. The second-order valence-electron chi connectivity index (χ2n) is 3.10. The van der Waals surface area contributed by atoms with Crippen LogP contribution in [0.4, 0.5) is 0 Å². The maximum Gasteiger partial charge on any atom is 0.0143 e. The third-order valence-electron chi connectivity index (χ3n) is 2.11. The molecule has 0 aliphatic carbocycles. The number of hydrogen-bond acceptors (Lipinski definition) is 0. The summed E-state index contributed by atoms with van der Waals surface area (Å²) in [6, 6.07) is 0. The molecule has 0 aromatic carbocycles. The highest BCUT2D eigenvalue weighted by Crippen LogP contribution is 2.17. The third-order valence-corrected chi connectivity index (χ3v) is 3.22. The average molecular weight is 207 g/mol. The largest absolute Gasteiger partial charge is 0.0891 e. The minimum atomic E-state index is 0.751. The van der Waals surface area contributed by atoms with Crippen LogP contribution in [0.25, 0.3) is 0 Å². The van der Waals surface area contributed by atoms with E-state index in [-0.39, 0.29) is 0 Å². The molecule has 0 fully saturated rings. The Kier molecular flexibility index (Phi) is 6.50. The summed E-state index contributed by atoms with van der Waals surface area (Å²) < 4.78 is 0. The van der Waals surface area contributed by atoms with Gasteiger partial charge < -0.3 is 0 Å². The number of halogens is 1. The van der Waals surface area contributed by atoms with Gasteiger partial charge in [-0.25, -0.2) is 0 Å². The third kappa shape index (κ3) is 5.28. The molecule has 0 aromatic heterocycles. The normalized spacial score (nSPS) is 16.8. The second-order valence-corrected chi connectivity index (χ2v) is 4.39. The molecule has 0 radical (unpaired) electrons. The molecule has 1 heteroatoms. The van der Waals surface area contributed by atoms with Crippen LogP contribution in [0, 0.1) is 5.92 Å². The first-order valence-electron chi connectivity index (χ1n) is 4.34. The summed E-state index contributed by atoms with van der Waals surface area (Å²) in [6.07, 6.45) is 5.30. The highest BCUT2D eigenvalue weighted by molar-refractivity contribution is 9.09. The van der Waals surface area contributed by atoms with Crippen LogP contribution in [0.5, 0.6) is 0 Å². The number of alkyl halides is 1. The van der Waals surface area contributed by atoms with Crippen LogP contribution in [0.3, 0.4) is 0 Å². The molecular weight excluding hydrogens is 188 g/mol. The van der Waals surface area contributed by atoms with Crippen molar-refractivity contribution in [2.75, 3.05) is 0 Å². The fourth-order valence-corrected chi connectivity index (χ4v) is 1.14. The van der Waals surface area contributed by atoms with Crippen LogP contribution in [0.15, 0.2) is 0 Å². The zero-order valence-electron chi connectivity index (χ0n) is 7.36. The lowest BCUT2D eigenvalue weighted by Gasteiger charge is -2.10. The summed E-state index contributed by atoms with van der Waals surface area (Å²) >= 11 is 3.63. The van der Waals surface area contributed by atoms with Gasteiger partial charge in [-0.3, -0.25) is 0 Å². The van der Waals surface area contributed by atoms with E-state index in [1.807, 2.05) is 0 Å². The summed E-state index contributed by atoms with van der Waals surface area (Å²) in [6.45, 7) is 6.82. The molecule has 0 heterocycles. The van der Waals surface area contributed by atoms with Crippen LogP contribution in [-0.2, 0) is 0 Å². The van der Waals surface area contributed by atoms with E-state index < -0.39 is 0 Å². The minimum absolute atomic E-state index is 0.751. The zero-order valence-corrected chi connectivity index (χ0v) is 8.95. The van der Waals surface area contributed by atoms with Crippen LogP contribution in [-0.4, -0.2) is 4.83 Å². The van der Waals surface area contributed by atoms with Gasteiger partial charge in [-0.15, -0.1) is 0 Å². The van der Waals surface area contributed by atoms with Crippen LogP contribution in [0.2, 0.25) is 0 Å². The van der Waals surface area contributed by atoms with E-state index in [4.69, 9.17) is 0 Å². The lowest BCUT2D eigenvalue weighted by molar-refractivity contribution is 0.489. The standard InChI is InChI=1S/C9H19Br/c1-4-8(3)6-7-9(10)5-2/h8-9H,4-7H2,1-3H3. The van der Waals surface area contributed by atoms with Crippen molar-refractivity contribution < 1.29 is 0 Å². The van der Waals surface area contributed by atoms with Crippen molar-refractivity contribution in [2.24, 2.45) is 5.92 Å². The Labute approximate surface area is 73.5 Å². The molecular formula is C9H19Br. The van der Waals surface area contributed by atoms with Gasteiger partial charge in [0, 0.05) is 4.83 Å². The van der Waals surface area contributed by atoms with Gasteiger partial charge in [-0.05, 0) is 25.2 Å². The molecule has 62 valence electrons. The molecule has 0 saturated heterocycles. The Balaban J connectivity index is 3.17. The molecule has 0 bridgehead atoms. The van der Waals surface area contributed by atoms with Crippen molar-refractivity contribution in [3.63, 3.8) is 0 Å². The molecule has 0 amide bonds. The molecule has 0 rings (SSSR count). The second kappa shape index (κ2) is 6.21. The Bertz CT molecular complexity index is 61.1. The Morgan fingerprint density at radius 1 is 1.10 bits per heavy atom. The molecule has 0 saturated carbocycles. The van der Waals surface area contributed by atoms with E-state index >= 15 is 0 Å². The van der Waals surface area contributed by atoms with Gasteiger partial charge in [0.1, 0.15) is 0 Å². The highest BCUT2D eigenvalue weighted by atomic mass is 79.9. The average Bonchev–Trinajstić information content (AvgIpc) is 1.99. The Hall–Kier alpha value is 0.480. The van der Waals surface area contributed by atoms with Crippen molar-refractivity contribution in [1.29, 1.82) is 0 Å². The molecule has 10 heavy (non-hydrogen) atoms. The fourth-order valence-electron chi connectivity index (χ4n) is 0.874. The van der Waals surface area contributed by atoms with Gasteiger partial charge in [0.15, 0.2) is 0 Å². The van der Waals surface area contributed by atoms with Gasteiger partial charge in [-0.2, -0.15) is 0 Å².